The highest BCUT2D eigenvalue weighted by atomic mass is 32.2. The van der Waals surface area contributed by atoms with Crippen LogP contribution in [0, 0.1) is 11.3 Å². The van der Waals surface area contributed by atoms with Gasteiger partial charge in [-0.05, 0) is 18.2 Å². The fourth-order valence-corrected chi connectivity index (χ4v) is 2.73. The maximum Gasteiger partial charge on any atom is 0.123 e. The van der Waals surface area contributed by atoms with Crippen molar-refractivity contribution in [1.29, 1.82) is 5.26 Å². The quantitative estimate of drug-likeness (QED) is 0.783. The van der Waals surface area contributed by atoms with Crippen molar-refractivity contribution >= 4 is 11.8 Å². The summed E-state index contributed by atoms with van der Waals surface area (Å²) >= 11 is 1.93. The number of ether oxygens (including phenoxy) is 1. The molecule has 1 atom stereocenters. The number of hydrogen-bond donors (Lipinski definition) is 0. The van der Waals surface area contributed by atoms with Crippen molar-refractivity contribution < 1.29 is 4.74 Å². The molecule has 15 heavy (non-hydrogen) atoms. The third kappa shape index (κ3) is 2.66. The fourth-order valence-electron chi connectivity index (χ4n) is 1.64. The lowest BCUT2D eigenvalue weighted by Crippen LogP contribution is -2.15. The van der Waals surface area contributed by atoms with E-state index in [-0.39, 0.29) is 0 Å². The summed E-state index contributed by atoms with van der Waals surface area (Å²) in [5.41, 5.74) is 0.997. The smallest absolute Gasteiger partial charge is 0.123 e. The first-order valence-electron chi connectivity index (χ1n) is 5.09. The lowest BCUT2D eigenvalue weighted by molar-refractivity contribution is 0.227. The Balaban J connectivity index is 2.09. The Hall–Kier alpha value is -1.14. The van der Waals surface area contributed by atoms with Gasteiger partial charge in [-0.1, -0.05) is 18.2 Å². The van der Waals surface area contributed by atoms with Crippen LogP contribution >= 0.6 is 11.8 Å². The van der Waals surface area contributed by atoms with Crippen molar-refractivity contribution in [2.75, 3.05) is 11.5 Å². The Morgan fingerprint density at radius 1 is 1.47 bits per heavy atom. The highest BCUT2D eigenvalue weighted by Crippen LogP contribution is 2.25. The third-order valence-electron chi connectivity index (χ3n) is 2.42. The van der Waals surface area contributed by atoms with Crippen LogP contribution in [0.15, 0.2) is 24.3 Å². The van der Waals surface area contributed by atoms with Crippen LogP contribution in [-0.2, 0) is 6.42 Å². The molecule has 1 saturated heterocycles. The van der Waals surface area contributed by atoms with E-state index in [1.807, 2.05) is 36.0 Å². The van der Waals surface area contributed by atoms with Gasteiger partial charge in [0.2, 0.25) is 0 Å². The summed E-state index contributed by atoms with van der Waals surface area (Å²) in [5, 5.41) is 8.70. The van der Waals surface area contributed by atoms with E-state index < -0.39 is 0 Å². The Morgan fingerprint density at radius 2 is 2.33 bits per heavy atom. The van der Waals surface area contributed by atoms with Gasteiger partial charge in [-0.25, -0.2) is 0 Å². The molecule has 0 bridgehead atoms. The third-order valence-corrected chi connectivity index (χ3v) is 3.56. The van der Waals surface area contributed by atoms with Crippen molar-refractivity contribution in [2.24, 2.45) is 0 Å². The number of benzene rings is 1. The van der Waals surface area contributed by atoms with E-state index in [2.05, 4.69) is 6.07 Å². The van der Waals surface area contributed by atoms with Crippen molar-refractivity contribution in [3.05, 3.63) is 29.8 Å². The summed E-state index contributed by atoms with van der Waals surface area (Å²) in [5.74, 6) is 3.14. The highest BCUT2D eigenvalue weighted by Gasteiger charge is 2.17. The average Bonchev–Trinajstić information content (AvgIpc) is 2.74. The first-order chi connectivity index (χ1) is 7.40. The predicted octanol–water partition coefficient (Wildman–Crippen LogP) is 2.64. The maximum atomic E-state index is 8.70. The van der Waals surface area contributed by atoms with Gasteiger partial charge >= 0.3 is 0 Å². The highest BCUT2D eigenvalue weighted by molar-refractivity contribution is 7.99. The van der Waals surface area contributed by atoms with Gasteiger partial charge in [0.05, 0.1) is 12.5 Å². The maximum absolute atomic E-state index is 8.70. The van der Waals surface area contributed by atoms with Crippen LogP contribution < -0.4 is 4.74 Å². The Labute approximate surface area is 94.2 Å². The molecule has 1 fully saturated rings. The fraction of sp³-hybridized carbons (Fsp3) is 0.417. The molecule has 2 nitrogen and oxygen atoms in total. The minimum atomic E-state index is 0.329. The molecule has 1 aliphatic heterocycles. The van der Waals surface area contributed by atoms with Gasteiger partial charge in [0.1, 0.15) is 11.9 Å². The molecule has 0 aromatic heterocycles. The zero-order chi connectivity index (χ0) is 10.5. The summed E-state index contributed by atoms with van der Waals surface area (Å²) in [6, 6.07) is 9.98. The number of rotatable bonds is 3. The van der Waals surface area contributed by atoms with Crippen LogP contribution in [-0.4, -0.2) is 17.6 Å². The predicted molar refractivity (Wildman–Crippen MR) is 62.1 cm³/mol. The largest absolute Gasteiger partial charge is 0.489 e. The molecule has 1 unspecified atom stereocenters. The summed E-state index contributed by atoms with van der Waals surface area (Å²) in [6.45, 7) is 0. The van der Waals surface area contributed by atoms with Gasteiger partial charge in [0.15, 0.2) is 0 Å². The normalized spacial score (nSPS) is 19.8. The second-order valence-corrected chi connectivity index (χ2v) is 4.70. The molecule has 1 heterocycles. The van der Waals surface area contributed by atoms with Crippen LogP contribution in [0.3, 0.4) is 0 Å². The van der Waals surface area contributed by atoms with E-state index >= 15 is 0 Å². The van der Waals surface area contributed by atoms with Crippen LogP contribution in [0.2, 0.25) is 0 Å². The molecule has 1 aliphatic rings. The molecule has 78 valence electrons. The van der Waals surface area contributed by atoms with Gasteiger partial charge in [-0.2, -0.15) is 17.0 Å². The number of para-hydroxylation sites is 1. The summed E-state index contributed by atoms with van der Waals surface area (Å²) in [6.07, 6.45) is 1.87. The van der Waals surface area contributed by atoms with Crippen molar-refractivity contribution in [2.45, 2.75) is 18.9 Å². The number of thioether (sulfide) groups is 1. The SMILES string of the molecule is N#CCc1ccccc1OC1CCSC1. The molecule has 0 spiro atoms. The van der Waals surface area contributed by atoms with Gasteiger partial charge in [-0.15, -0.1) is 0 Å². The number of hydrogen-bond acceptors (Lipinski definition) is 3. The molecule has 0 radical (unpaired) electrons. The second kappa shape index (κ2) is 5.09. The summed E-state index contributed by atoms with van der Waals surface area (Å²) < 4.78 is 5.89. The topological polar surface area (TPSA) is 33.0 Å². The van der Waals surface area contributed by atoms with Crippen LogP contribution in [0.1, 0.15) is 12.0 Å². The molecule has 0 amide bonds. The minimum Gasteiger partial charge on any atom is -0.489 e. The minimum absolute atomic E-state index is 0.329. The van der Waals surface area contributed by atoms with Crippen molar-refractivity contribution in [3.8, 4) is 11.8 Å². The van der Waals surface area contributed by atoms with Crippen molar-refractivity contribution in [3.63, 3.8) is 0 Å². The van der Waals surface area contributed by atoms with Crippen molar-refractivity contribution in [1.82, 2.24) is 0 Å². The molecular formula is C12H13NOS. The number of nitriles is 1. The zero-order valence-electron chi connectivity index (χ0n) is 8.48. The van der Waals surface area contributed by atoms with E-state index in [9.17, 15) is 0 Å². The molecular weight excluding hydrogens is 206 g/mol. The summed E-state index contributed by atoms with van der Waals surface area (Å²) in [4.78, 5) is 0. The lowest BCUT2D eigenvalue weighted by atomic mass is 10.1. The van der Waals surface area contributed by atoms with E-state index in [1.54, 1.807) is 0 Å². The molecule has 2 rings (SSSR count). The van der Waals surface area contributed by atoms with Crippen LogP contribution in [0.25, 0.3) is 0 Å². The monoisotopic (exact) mass is 219 g/mol. The Kier molecular flexibility index (Phi) is 3.52. The molecule has 0 saturated carbocycles. The van der Waals surface area contributed by atoms with Gasteiger partial charge < -0.3 is 4.74 Å². The van der Waals surface area contributed by atoms with Gasteiger partial charge in [-0.3, -0.25) is 0 Å². The summed E-state index contributed by atoms with van der Waals surface area (Å²) in [7, 11) is 0. The lowest BCUT2D eigenvalue weighted by Gasteiger charge is -2.14. The first-order valence-corrected chi connectivity index (χ1v) is 6.25. The average molecular weight is 219 g/mol. The van der Waals surface area contributed by atoms with Crippen LogP contribution in [0.5, 0.6) is 5.75 Å². The molecule has 3 heteroatoms. The van der Waals surface area contributed by atoms with Gasteiger partial charge in [0.25, 0.3) is 0 Å². The zero-order valence-corrected chi connectivity index (χ0v) is 9.30. The molecule has 0 N–H and O–H groups in total. The Morgan fingerprint density at radius 3 is 3.07 bits per heavy atom. The number of nitrogens with zero attached hydrogens (tertiary/aromatic N) is 1. The van der Waals surface area contributed by atoms with E-state index in [1.165, 1.54) is 5.75 Å². The van der Waals surface area contributed by atoms with E-state index in [4.69, 9.17) is 10.00 Å². The van der Waals surface area contributed by atoms with Crippen LogP contribution in [0.4, 0.5) is 0 Å². The second-order valence-electron chi connectivity index (χ2n) is 3.55. The Bertz CT molecular complexity index is 366. The van der Waals surface area contributed by atoms with E-state index in [0.717, 1.165) is 23.5 Å². The molecule has 0 aliphatic carbocycles. The standard InChI is InChI=1S/C12H13NOS/c13-7-5-10-3-1-2-4-12(10)14-11-6-8-15-9-11/h1-4,11H,5-6,8-9H2. The van der Waals surface area contributed by atoms with Gasteiger partial charge in [0, 0.05) is 11.3 Å². The molecule has 1 aromatic carbocycles. The first kappa shape index (κ1) is 10.4. The van der Waals surface area contributed by atoms with E-state index in [0.29, 0.717) is 12.5 Å². The molecule has 1 aromatic rings.